The summed E-state index contributed by atoms with van der Waals surface area (Å²) in [5.41, 5.74) is 0. The zero-order valence-electron chi connectivity index (χ0n) is 45.5. The fourth-order valence-electron chi connectivity index (χ4n) is 9.26. The van der Waals surface area contributed by atoms with Gasteiger partial charge in [-0.05, 0) is 146 Å². The quantitative estimate of drug-likeness (QED) is 0.0845. The standard InChI is InChI=1S/4C18H15P.4ClH.Hg.2Rh/c4*1-4-10-16(11-5-1)19(17-12-6-2-7-13-17)18-14-8-3-9-15-18;;;;;;;/h4*1-15H;4*1H;;;/q;;;;;;;;;2*+2. The molecule has 0 saturated carbocycles. The van der Waals surface area contributed by atoms with E-state index in [2.05, 4.69) is 364 Å². The number of hydrogen-bond donors (Lipinski definition) is 0. The van der Waals surface area contributed by atoms with E-state index in [1.54, 1.807) is 0 Å². The molecule has 0 unspecified atom stereocenters. The summed E-state index contributed by atoms with van der Waals surface area (Å²) in [5.74, 6) is 0. The molecule has 0 amide bonds. The van der Waals surface area contributed by atoms with E-state index in [1.807, 2.05) is 0 Å². The van der Waals surface area contributed by atoms with Crippen LogP contribution in [0.4, 0.5) is 0 Å². The van der Waals surface area contributed by atoms with Crippen molar-refractivity contribution in [3.63, 3.8) is 0 Å². The van der Waals surface area contributed by atoms with E-state index >= 15 is 0 Å². The molecule has 0 aliphatic heterocycles. The van der Waals surface area contributed by atoms with Gasteiger partial charge in [0, 0.05) is 27.7 Å². The first-order valence-electron chi connectivity index (χ1n) is 26.4. The molecule has 0 aromatic heterocycles. The summed E-state index contributed by atoms with van der Waals surface area (Å²) in [6.45, 7) is 0. The number of benzene rings is 12. The number of hydrogen-bond acceptors (Lipinski definition) is 0. The molecule has 0 N–H and O–H groups in total. The van der Waals surface area contributed by atoms with Gasteiger partial charge < -0.3 is 0 Å². The van der Waals surface area contributed by atoms with Gasteiger partial charge in [0.2, 0.25) is 0 Å². The van der Waals surface area contributed by atoms with E-state index in [0.29, 0.717) is 0 Å². The predicted octanol–water partition coefficient (Wildman–Crippen LogP) is 15.5. The molecular formula is C72H64Cl4HgP4Rh2+4. The molecule has 12 aromatic rings. The third-order valence-electron chi connectivity index (χ3n) is 12.7. The largest absolute Gasteiger partial charge is 0.102 e. The van der Waals surface area contributed by atoms with E-state index in [0.717, 1.165) is 0 Å². The van der Waals surface area contributed by atoms with Crippen LogP contribution in [-0.4, -0.2) is 0 Å². The Balaban J connectivity index is 0.000000171. The number of rotatable bonds is 12. The summed E-state index contributed by atoms with van der Waals surface area (Å²) in [4.78, 5) is 0. The zero-order chi connectivity index (χ0) is 57.1. The summed E-state index contributed by atoms with van der Waals surface area (Å²) >= 11 is -0.451. The topological polar surface area (TPSA) is 0 Å². The molecule has 0 spiro atoms. The van der Waals surface area contributed by atoms with Crippen LogP contribution in [0.15, 0.2) is 364 Å². The van der Waals surface area contributed by atoms with Crippen LogP contribution < -0.4 is 63.7 Å². The Labute approximate surface area is 550 Å². The summed E-state index contributed by atoms with van der Waals surface area (Å²) in [7, 11) is 15.8. The Morgan fingerprint density at radius 2 is 0.205 bits per heavy atom. The minimum absolute atomic E-state index is 0. The van der Waals surface area contributed by atoms with Crippen LogP contribution in [0.2, 0.25) is 0 Å². The molecule has 416 valence electrons. The maximum atomic E-state index is 4.83. The van der Waals surface area contributed by atoms with Gasteiger partial charge in [-0.15, -0.1) is 0 Å². The van der Waals surface area contributed by atoms with Gasteiger partial charge in [-0.1, -0.05) is 218 Å². The minimum Gasteiger partial charge on any atom is -0.0620 e. The zero-order valence-corrected chi connectivity index (χ0v) is 61.3. The van der Waals surface area contributed by atoms with Crippen molar-refractivity contribution < 1.29 is 58.0 Å². The Morgan fingerprint density at radius 1 is 0.145 bits per heavy atom. The first kappa shape index (κ1) is 67.8. The Kier molecular flexibility index (Phi) is 33.4. The fourth-order valence-corrected chi connectivity index (χ4v) is 19.6. The van der Waals surface area contributed by atoms with Crippen LogP contribution >= 0.6 is 70.5 Å². The minimum atomic E-state index is -0.877. The molecule has 0 radical (unpaired) electrons. The van der Waals surface area contributed by atoms with Gasteiger partial charge in [-0.25, -0.2) is 0 Å². The SMILES string of the molecule is [Cl][Rh][Cl].[Cl][Rh][Cl].[Hg].c1ccc([PH+](c2ccccc2)c2ccccc2)cc1.c1ccc([PH+](c2ccccc2)c2ccccc2)cc1.c1ccc([PH+](c2ccccc2)c2ccccc2)cc1.c1ccc([PH+](c2ccccc2)c2ccccc2)cc1. The van der Waals surface area contributed by atoms with Crippen LogP contribution in [0.5, 0.6) is 0 Å². The van der Waals surface area contributed by atoms with E-state index < -0.39 is 31.7 Å². The Hall–Kier alpha value is -4.30. The molecule has 0 aliphatic rings. The van der Waals surface area contributed by atoms with Gasteiger partial charge in [0.15, 0.2) is 0 Å². The van der Waals surface area contributed by atoms with Gasteiger partial charge in [-0.2, -0.15) is 0 Å². The van der Waals surface area contributed by atoms with Gasteiger partial charge in [0.25, 0.3) is 0 Å². The van der Waals surface area contributed by atoms with Crippen LogP contribution in [0.1, 0.15) is 0 Å². The molecule has 0 aliphatic carbocycles. The second kappa shape index (κ2) is 40.9. The Morgan fingerprint density at radius 3 is 0.265 bits per heavy atom. The third kappa shape index (κ3) is 22.8. The molecule has 0 nitrogen and oxygen atoms in total. The monoisotopic (exact) mass is 1600 g/mol. The Bertz CT molecular complexity index is 2650. The van der Waals surface area contributed by atoms with Crippen molar-refractivity contribution in [2.24, 2.45) is 0 Å². The van der Waals surface area contributed by atoms with Gasteiger partial charge in [-0.3, -0.25) is 0 Å². The van der Waals surface area contributed by atoms with Crippen LogP contribution in [-0.2, 0) is 58.0 Å². The molecule has 0 heterocycles. The molecule has 0 atom stereocenters. The second-order valence-corrected chi connectivity index (χ2v) is 32.9. The smallest absolute Gasteiger partial charge is 0.0620 e. The summed E-state index contributed by atoms with van der Waals surface area (Å²) < 4.78 is 0. The summed E-state index contributed by atoms with van der Waals surface area (Å²) in [5, 5.41) is 17.2. The molecule has 12 rings (SSSR count). The molecule has 11 heteroatoms. The molecule has 12 aromatic carbocycles. The molecule has 0 saturated heterocycles. The van der Waals surface area contributed by atoms with E-state index in [4.69, 9.17) is 38.8 Å². The van der Waals surface area contributed by atoms with Crippen molar-refractivity contribution in [1.82, 2.24) is 0 Å². The van der Waals surface area contributed by atoms with Crippen molar-refractivity contribution in [1.29, 1.82) is 0 Å². The van der Waals surface area contributed by atoms with Crippen molar-refractivity contribution >= 4 is 134 Å². The van der Waals surface area contributed by atoms with Crippen molar-refractivity contribution in [3.05, 3.63) is 364 Å². The maximum Gasteiger partial charge on any atom is 0.102 e. The molecule has 0 fully saturated rings. The maximum absolute atomic E-state index is 4.83. The van der Waals surface area contributed by atoms with E-state index in [1.165, 1.54) is 63.7 Å². The molecular weight excluding hydrogens is 1540 g/mol. The fraction of sp³-hybridized carbons (Fsp3) is 0. The average molecular weight is 1600 g/mol. The van der Waals surface area contributed by atoms with E-state index in [9.17, 15) is 0 Å². The van der Waals surface area contributed by atoms with Crippen molar-refractivity contribution in [2.75, 3.05) is 0 Å². The summed E-state index contributed by atoms with van der Waals surface area (Å²) in [6, 6.07) is 130. The van der Waals surface area contributed by atoms with Gasteiger partial charge in [0.1, 0.15) is 63.7 Å². The van der Waals surface area contributed by atoms with Crippen LogP contribution in [0, 0.1) is 0 Å². The molecule has 0 bridgehead atoms. The first-order valence-corrected chi connectivity index (χ1v) is 40.9. The number of halogens is 4. The average Bonchev–Trinajstić information content (AvgIpc) is 3.57. The van der Waals surface area contributed by atoms with Crippen molar-refractivity contribution in [2.45, 2.75) is 0 Å². The van der Waals surface area contributed by atoms with Crippen LogP contribution in [0.25, 0.3) is 0 Å². The normalized spacial score (nSPS) is 10.2. The third-order valence-corrected chi connectivity index (χ3v) is 23.7. The van der Waals surface area contributed by atoms with Crippen molar-refractivity contribution in [3.8, 4) is 0 Å². The molecule has 83 heavy (non-hydrogen) atoms. The predicted molar refractivity (Wildman–Crippen MR) is 370 cm³/mol. The summed E-state index contributed by atoms with van der Waals surface area (Å²) in [6.07, 6.45) is 0. The van der Waals surface area contributed by atoms with Gasteiger partial charge in [0.05, 0.1) is 31.7 Å². The second-order valence-electron chi connectivity index (χ2n) is 18.0. The van der Waals surface area contributed by atoms with E-state index in [-0.39, 0.29) is 58.0 Å². The van der Waals surface area contributed by atoms with Crippen LogP contribution in [0.3, 0.4) is 0 Å². The first-order chi connectivity index (χ1) is 40.6. The van der Waals surface area contributed by atoms with Gasteiger partial charge >= 0.3 is 69.1 Å².